The van der Waals surface area contributed by atoms with Crippen LogP contribution in [-0.4, -0.2) is 18.0 Å². The molecule has 0 unspecified atom stereocenters. The number of nitrogens with zero attached hydrogens (tertiary/aromatic N) is 1. The molecule has 12 heavy (non-hydrogen) atoms. The Hall–Kier alpha value is -0.990. The third-order valence-electron chi connectivity index (χ3n) is 1.05. The minimum absolute atomic E-state index is 0.0256. The molecule has 0 heterocycles. The molecule has 3 heteroatoms. The van der Waals surface area contributed by atoms with Crippen molar-refractivity contribution in [3.8, 4) is 0 Å². The first-order valence-corrected chi connectivity index (χ1v) is 4.26. The van der Waals surface area contributed by atoms with Gasteiger partial charge in [-0.1, -0.05) is 27.4 Å². The predicted octanol–water partition coefficient (Wildman–Crippen LogP) is 2.35. The van der Waals surface area contributed by atoms with Gasteiger partial charge in [-0.25, -0.2) is 0 Å². The molecule has 0 saturated heterocycles. The van der Waals surface area contributed by atoms with E-state index in [0.29, 0.717) is 6.42 Å². The van der Waals surface area contributed by atoms with Crippen molar-refractivity contribution in [3.05, 3.63) is 12.8 Å². The van der Waals surface area contributed by atoms with Crippen molar-refractivity contribution in [1.29, 1.82) is 0 Å². The number of rotatable bonds is 4. The van der Waals surface area contributed by atoms with Crippen LogP contribution in [0.2, 0.25) is 0 Å². The Bertz CT molecular complexity index is 124. The topological polar surface area (TPSA) is 29.5 Å². The minimum atomic E-state index is -0.0256. The lowest BCUT2D eigenvalue weighted by Gasteiger charge is -2.13. The Kier molecular flexibility index (Phi) is 11.3. The Balaban J connectivity index is 0. The number of hydrogen-bond donors (Lipinski definition) is 0. The third kappa shape index (κ3) is 7.12. The van der Waals surface area contributed by atoms with Crippen molar-refractivity contribution in [2.24, 2.45) is 0 Å². The second kappa shape index (κ2) is 10.0. The second-order valence-corrected chi connectivity index (χ2v) is 1.91. The van der Waals surface area contributed by atoms with Crippen LogP contribution in [0.15, 0.2) is 12.8 Å². The van der Waals surface area contributed by atoms with E-state index in [-0.39, 0.29) is 5.91 Å². The van der Waals surface area contributed by atoms with Crippen LogP contribution in [0, 0.1) is 0 Å². The molecule has 0 rings (SSSR count). The first-order chi connectivity index (χ1) is 5.72. The van der Waals surface area contributed by atoms with Crippen molar-refractivity contribution in [3.63, 3.8) is 0 Å². The fourth-order valence-corrected chi connectivity index (χ4v) is 0.542. The summed E-state index contributed by atoms with van der Waals surface area (Å²) in [7, 11) is 1.57. The van der Waals surface area contributed by atoms with Gasteiger partial charge in [0.05, 0.1) is 0 Å². The average Bonchev–Trinajstić information content (AvgIpc) is 2.09. The molecular formula is C9H19NO2. The highest BCUT2D eigenvalue weighted by molar-refractivity contribution is 5.74. The largest absolute Gasteiger partial charge is 0.386 e. The molecule has 0 aromatic rings. The van der Waals surface area contributed by atoms with Gasteiger partial charge in [0.1, 0.15) is 6.26 Å². The van der Waals surface area contributed by atoms with Gasteiger partial charge < -0.3 is 4.84 Å². The highest BCUT2D eigenvalue weighted by Gasteiger charge is 2.05. The molecule has 0 aliphatic heterocycles. The number of carbonyl (C=O) groups is 1. The lowest BCUT2D eigenvalue weighted by atomic mass is 10.3. The molecule has 0 atom stereocenters. The lowest BCUT2D eigenvalue weighted by Crippen LogP contribution is -2.24. The van der Waals surface area contributed by atoms with Crippen LogP contribution in [0.3, 0.4) is 0 Å². The maximum Gasteiger partial charge on any atom is 0.254 e. The number of hydrogen-bond acceptors (Lipinski definition) is 2. The molecule has 0 saturated carbocycles. The highest BCUT2D eigenvalue weighted by atomic mass is 16.7. The van der Waals surface area contributed by atoms with E-state index in [9.17, 15) is 4.79 Å². The Labute approximate surface area is 75.0 Å². The molecular weight excluding hydrogens is 154 g/mol. The van der Waals surface area contributed by atoms with Crippen molar-refractivity contribution >= 4 is 5.91 Å². The molecule has 1 amide bonds. The lowest BCUT2D eigenvalue weighted by molar-refractivity contribution is -0.161. The van der Waals surface area contributed by atoms with E-state index in [4.69, 9.17) is 4.84 Å². The van der Waals surface area contributed by atoms with Gasteiger partial charge in [-0.3, -0.25) is 4.79 Å². The summed E-state index contributed by atoms with van der Waals surface area (Å²) in [5.41, 5.74) is 0. The minimum Gasteiger partial charge on any atom is -0.386 e. The van der Waals surface area contributed by atoms with Gasteiger partial charge in [0.15, 0.2) is 0 Å². The number of amides is 1. The summed E-state index contributed by atoms with van der Waals surface area (Å²) in [5.74, 6) is -0.0256. The normalized spacial score (nSPS) is 7.67. The van der Waals surface area contributed by atoms with Crippen molar-refractivity contribution in [1.82, 2.24) is 5.06 Å². The van der Waals surface area contributed by atoms with E-state index in [1.165, 1.54) is 11.3 Å². The van der Waals surface area contributed by atoms with Crippen LogP contribution in [0.1, 0.15) is 33.6 Å². The van der Waals surface area contributed by atoms with Gasteiger partial charge >= 0.3 is 0 Å². The van der Waals surface area contributed by atoms with Crippen LogP contribution in [-0.2, 0) is 9.63 Å². The first-order valence-electron chi connectivity index (χ1n) is 4.26. The van der Waals surface area contributed by atoms with Gasteiger partial charge in [-0.2, -0.15) is 5.06 Å². The van der Waals surface area contributed by atoms with E-state index in [0.717, 1.165) is 6.42 Å². The summed E-state index contributed by atoms with van der Waals surface area (Å²) < 4.78 is 0. The van der Waals surface area contributed by atoms with E-state index in [2.05, 4.69) is 6.58 Å². The predicted molar refractivity (Wildman–Crippen MR) is 50.3 cm³/mol. The molecule has 0 fully saturated rings. The molecule has 0 bridgehead atoms. The van der Waals surface area contributed by atoms with Crippen LogP contribution in [0.4, 0.5) is 0 Å². The zero-order chi connectivity index (χ0) is 9.98. The van der Waals surface area contributed by atoms with E-state index in [1.54, 1.807) is 7.05 Å². The molecule has 0 aromatic heterocycles. The molecule has 72 valence electrons. The standard InChI is InChI=1S/C7H13NO2.C2H6/c1-4-6-7(9)8(3)10-5-2;1-2/h5H,2,4,6H2,1,3H3;1-2H3. The fourth-order valence-electron chi connectivity index (χ4n) is 0.542. The zero-order valence-electron chi connectivity index (χ0n) is 8.46. The molecule has 0 aliphatic rings. The number of hydroxylamine groups is 2. The highest BCUT2D eigenvalue weighted by Crippen LogP contribution is 1.94. The van der Waals surface area contributed by atoms with Gasteiger partial charge in [-0.05, 0) is 6.42 Å². The second-order valence-electron chi connectivity index (χ2n) is 1.91. The van der Waals surface area contributed by atoms with Crippen molar-refractivity contribution in [2.45, 2.75) is 33.6 Å². The molecule has 0 N–H and O–H groups in total. The zero-order valence-corrected chi connectivity index (χ0v) is 8.46. The van der Waals surface area contributed by atoms with Crippen molar-refractivity contribution in [2.75, 3.05) is 7.05 Å². The summed E-state index contributed by atoms with van der Waals surface area (Å²) in [6.45, 7) is 9.27. The van der Waals surface area contributed by atoms with Crippen LogP contribution in [0.5, 0.6) is 0 Å². The molecule has 3 nitrogen and oxygen atoms in total. The Morgan fingerprint density at radius 2 is 2.08 bits per heavy atom. The van der Waals surface area contributed by atoms with E-state index in [1.807, 2.05) is 20.8 Å². The maximum absolute atomic E-state index is 10.9. The molecule has 0 aromatic carbocycles. The van der Waals surface area contributed by atoms with Crippen LogP contribution >= 0.6 is 0 Å². The SMILES string of the molecule is C=CON(C)C(=O)CCC.CC. The average molecular weight is 173 g/mol. The Morgan fingerprint density at radius 1 is 1.58 bits per heavy atom. The summed E-state index contributed by atoms with van der Waals surface area (Å²) >= 11 is 0. The monoisotopic (exact) mass is 173 g/mol. The van der Waals surface area contributed by atoms with Crippen LogP contribution in [0.25, 0.3) is 0 Å². The maximum atomic E-state index is 10.9. The summed E-state index contributed by atoms with van der Waals surface area (Å²) in [5, 5.41) is 1.18. The third-order valence-corrected chi connectivity index (χ3v) is 1.05. The summed E-state index contributed by atoms with van der Waals surface area (Å²) in [4.78, 5) is 15.6. The van der Waals surface area contributed by atoms with Gasteiger partial charge in [-0.15, -0.1) is 0 Å². The summed E-state index contributed by atoms with van der Waals surface area (Å²) in [6, 6.07) is 0. The van der Waals surface area contributed by atoms with Crippen molar-refractivity contribution < 1.29 is 9.63 Å². The quantitative estimate of drug-likeness (QED) is 0.482. The van der Waals surface area contributed by atoms with Gasteiger partial charge in [0.2, 0.25) is 0 Å². The molecule has 0 spiro atoms. The van der Waals surface area contributed by atoms with Gasteiger partial charge in [0.25, 0.3) is 5.91 Å². The smallest absolute Gasteiger partial charge is 0.254 e. The van der Waals surface area contributed by atoms with E-state index >= 15 is 0 Å². The molecule has 0 radical (unpaired) electrons. The van der Waals surface area contributed by atoms with Crippen LogP contribution < -0.4 is 0 Å². The number of carbonyl (C=O) groups excluding carboxylic acids is 1. The summed E-state index contributed by atoms with van der Waals surface area (Å²) in [6.07, 6.45) is 2.58. The fraction of sp³-hybridized carbons (Fsp3) is 0.667. The van der Waals surface area contributed by atoms with E-state index < -0.39 is 0 Å². The Morgan fingerprint density at radius 3 is 2.42 bits per heavy atom. The first kappa shape index (κ1) is 13.6. The van der Waals surface area contributed by atoms with Gasteiger partial charge in [0, 0.05) is 13.5 Å². The molecule has 0 aliphatic carbocycles.